The average Bonchev–Trinajstić information content (AvgIpc) is 2.78. The van der Waals surface area contributed by atoms with Gasteiger partial charge in [-0.2, -0.15) is 0 Å². The summed E-state index contributed by atoms with van der Waals surface area (Å²) in [4.78, 5) is 33.6. The lowest BCUT2D eigenvalue weighted by molar-refractivity contribution is 0.0572. The van der Waals surface area contributed by atoms with E-state index in [0.717, 1.165) is 22.2 Å². The van der Waals surface area contributed by atoms with Crippen LogP contribution in [-0.2, 0) is 4.74 Å². The number of para-hydroxylation sites is 1. The quantitative estimate of drug-likeness (QED) is 0.660. The Kier molecular flexibility index (Phi) is 5.65. The average molecular weight is 403 g/mol. The Balaban J connectivity index is 1.64. The Bertz CT molecular complexity index is 1070. The summed E-state index contributed by atoms with van der Waals surface area (Å²) in [5, 5.41) is 0.839. The van der Waals surface area contributed by atoms with Crippen molar-refractivity contribution in [1.29, 1.82) is 0 Å². The number of aromatic nitrogens is 1. The molecule has 2 aromatic carbocycles. The Labute approximate surface area is 176 Å². The molecule has 1 aromatic heterocycles. The van der Waals surface area contributed by atoms with Gasteiger partial charge in [0.15, 0.2) is 0 Å². The van der Waals surface area contributed by atoms with Crippen molar-refractivity contribution in [2.75, 3.05) is 32.8 Å². The number of rotatable bonds is 3. The Morgan fingerprint density at radius 1 is 0.967 bits per heavy atom. The summed E-state index contributed by atoms with van der Waals surface area (Å²) in [5.74, 6) is -0.0366. The molecule has 0 N–H and O–H groups in total. The van der Waals surface area contributed by atoms with Crippen LogP contribution >= 0.6 is 0 Å². The minimum absolute atomic E-state index is 0.0366. The molecule has 0 radical (unpaired) electrons. The number of ether oxygens (including phenoxy) is 1. The van der Waals surface area contributed by atoms with Crippen molar-refractivity contribution in [3.63, 3.8) is 0 Å². The second-order valence-electron chi connectivity index (χ2n) is 7.42. The fourth-order valence-electron chi connectivity index (χ4n) is 3.70. The van der Waals surface area contributed by atoms with Gasteiger partial charge >= 0.3 is 6.09 Å². The zero-order valence-corrected chi connectivity index (χ0v) is 17.3. The van der Waals surface area contributed by atoms with E-state index < -0.39 is 0 Å². The van der Waals surface area contributed by atoms with Gasteiger partial charge in [0.1, 0.15) is 0 Å². The number of carbonyl (C=O) groups is 2. The zero-order chi connectivity index (χ0) is 21.1. The van der Waals surface area contributed by atoms with E-state index in [0.29, 0.717) is 38.3 Å². The van der Waals surface area contributed by atoms with E-state index >= 15 is 0 Å². The lowest BCUT2D eigenvalue weighted by Gasteiger charge is -2.34. The first-order chi connectivity index (χ1) is 14.6. The summed E-state index contributed by atoms with van der Waals surface area (Å²) in [6, 6.07) is 17.7. The van der Waals surface area contributed by atoms with Crippen molar-refractivity contribution in [3.8, 4) is 11.3 Å². The second kappa shape index (κ2) is 8.53. The molecule has 6 heteroatoms. The van der Waals surface area contributed by atoms with Gasteiger partial charge in [0.05, 0.1) is 23.4 Å². The van der Waals surface area contributed by atoms with Crippen LogP contribution in [0.2, 0.25) is 0 Å². The normalized spacial score (nSPS) is 14.1. The number of nitrogens with zero attached hydrogens (tertiary/aromatic N) is 3. The van der Waals surface area contributed by atoms with E-state index in [4.69, 9.17) is 9.72 Å². The number of piperazine rings is 1. The Morgan fingerprint density at radius 3 is 2.33 bits per heavy atom. The highest BCUT2D eigenvalue weighted by molar-refractivity contribution is 6.07. The fourth-order valence-corrected chi connectivity index (χ4v) is 3.70. The number of hydrogen-bond acceptors (Lipinski definition) is 4. The van der Waals surface area contributed by atoms with Crippen LogP contribution in [0, 0.1) is 6.92 Å². The maximum absolute atomic E-state index is 13.4. The predicted octanol–water partition coefficient (Wildman–Crippen LogP) is 4.12. The number of benzene rings is 2. The minimum atomic E-state index is -0.319. The molecule has 1 saturated heterocycles. The summed E-state index contributed by atoms with van der Waals surface area (Å²) in [6.45, 7) is 6.09. The van der Waals surface area contributed by atoms with Crippen molar-refractivity contribution in [2.24, 2.45) is 0 Å². The summed E-state index contributed by atoms with van der Waals surface area (Å²) in [7, 11) is 0. The van der Waals surface area contributed by atoms with Crippen LogP contribution in [0.25, 0.3) is 22.2 Å². The highest BCUT2D eigenvalue weighted by Gasteiger charge is 2.27. The van der Waals surface area contributed by atoms with Gasteiger partial charge in [0.25, 0.3) is 5.91 Å². The molecule has 3 aromatic rings. The minimum Gasteiger partial charge on any atom is -0.450 e. The second-order valence-corrected chi connectivity index (χ2v) is 7.42. The van der Waals surface area contributed by atoms with Crippen molar-refractivity contribution < 1.29 is 14.3 Å². The summed E-state index contributed by atoms with van der Waals surface area (Å²) < 4.78 is 5.07. The Morgan fingerprint density at radius 2 is 1.63 bits per heavy atom. The first kappa shape index (κ1) is 19.9. The molecule has 1 fully saturated rings. The smallest absolute Gasteiger partial charge is 0.409 e. The number of amides is 2. The predicted molar refractivity (Wildman–Crippen MR) is 116 cm³/mol. The summed E-state index contributed by atoms with van der Waals surface area (Å²) in [5.41, 5.74) is 4.37. The largest absolute Gasteiger partial charge is 0.450 e. The molecule has 0 aliphatic carbocycles. The van der Waals surface area contributed by atoms with Crippen LogP contribution < -0.4 is 0 Å². The molecular weight excluding hydrogens is 378 g/mol. The SMILES string of the molecule is CCOC(=O)N1CCN(C(=O)c2cc(-c3ccc(C)cc3)nc3ccccc23)CC1. The van der Waals surface area contributed by atoms with Gasteiger partial charge in [-0.05, 0) is 26.0 Å². The van der Waals surface area contributed by atoms with E-state index in [2.05, 4.69) is 0 Å². The zero-order valence-electron chi connectivity index (χ0n) is 17.3. The number of aryl methyl sites for hydroxylation is 1. The van der Waals surface area contributed by atoms with Crippen LogP contribution in [0.4, 0.5) is 4.79 Å². The molecule has 0 bridgehead atoms. The monoisotopic (exact) mass is 403 g/mol. The highest BCUT2D eigenvalue weighted by atomic mass is 16.6. The van der Waals surface area contributed by atoms with E-state index in [1.165, 1.54) is 5.56 Å². The van der Waals surface area contributed by atoms with Gasteiger partial charge in [-0.25, -0.2) is 9.78 Å². The molecular formula is C24H25N3O3. The summed E-state index contributed by atoms with van der Waals surface area (Å²) >= 11 is 0. The van der Waals surface area contributed by atoms with Gasteiger partial charge < -0.3 is 14.5 Å². The van der Waals surface area contributed by atoms with Crippen LogP contribution in [0.1, 0.15) is 22.8 Å². The molecule has 4 rings (SSSR count). The molecule has 1 aliphatic heterocycles. The molecule has 2 heterocycles. The maximum atomic E-state index is 13.4. The lowest BCUT2D eigenvalue weighted by atomic mass is 10.0. The van der Waals surface area contributed by atoms with E-state index in [1.807, 2.05) is 61.5 Å². The molecule has 1 aliphatic rings. The topological polar surface area (TPSA) is 62.7 Å². The fraction of sp³-hybridized carbons (Fsp3) is 0.292. The number of pyridine rings is 1. The van der Waals surface area contributed by atoms with Gasteiger partial charge in [-0.1, -0.05) is 48.0 Å². The molecule has 30 heavy (non-hydrogen) atoms. The standard InChI is InChI=1S/C24H25N3O3/c1-3-30-24(29)27-14-12-26(13-15-27)23(28)20-16-22(18-10-8-17(2)9-11-18)25-21-7-5-4-6-19(20)21/h4-11,16H,3,12-15H2,1-2H3. The molecule has 0 spiro atoms. The third-order valence-electron chi connectivity index (χ3n) is 5.39. The van der Waals surface area contributed by atoms with Crippen molar-refractivity contribution >= 4 is 22.9 Å². The molecule has 6 nitrogen and oxygen atoms in total. The molecule has 0 saturated carbocycles. The van der Waals surface area contributed by atoms with E-state index in [-0.39, 0.29) is 12.0 Å². The van der Waals surface area contributed by atoms with Crippen LogP contribution in [0.5, 0.6) is 0 Å². The van der Waals surface area contributed by atoms with Crippen LogP contribution in [-0.4, -0.2) is 59.6 Å². The molecule has 154 valence electrons. The lowest BCUT2D eigenvalue weighted by Crippen LogP contribution is -2.50. The molecule has 0 atom stereocenters. The number of carbonyl (C=O) groups excluding carboxylic acids is 2. The van der Waals surface area contributed by atoms with Crippen molar-refractivity contribution in [1.82, 2.24) is 14.8 Å². The highest BCUT2D eigenvalue weighted by Crippen LogP contribution is 2.26. The third kappa shape index (κ3) is 3.99. The van der Waals surface area contributed by atoms with Crippen LogP contribution in [0.3, 0.4) is 0 Å². The number of hydrogen-bond donors (Lipinski definition) is 0. The first-order valence-corrected chi connectivity index (χ1v) is 10.2. The van der Waals surface area contributed by atoms with Gasteiger partial charge in [0, 0.05) is 37.1 Å². The van der Waals surface area contributed by atoms with Gasteiger partial charge in [0.2, 0.25) is 0 Å². The van der Waals surface area contributed by atoms with Gasteiger partial charge in [-0.3, -0.25) is 4.79 Å². The van der Waals surface area contributed by atoms with E-state index in [1.54, 1.807) is 16.7 Å². The van der Waals surface area contributed by atoms with Crippen molar-refractivity contribution in [3.05, 3.63) is 65.7 Å². The summed E-state index contributed by atoms with van der Waals surface area (Å²) in [6.07, 6.45) is -0.319. The van der Waals surface area contributed by atoms with Crippen molar-refractivity contribution in [2.45, 2.75) is 13.8 Å². The third-order valence-corrected chi connectivity index (χ3v) is 5.39. The first-order valence-electron chi connectivity index (χ1n) is 10.2. The van der Waals surface area contributed by atoms with Gasteiger partial charge in [-0.15, -0.1) is 0 Å². The van der Waals surface area contributed by atoms with E-state index in [9.17, 15) is 9.59 Å². The number of fused-ring (bicyclic) bond motifs is 1. The Hall–Kier alpha value is -3.41. The molecule has 2 amide bonds. The molecule has 0 unspecified atom stereocenters. The van der Waals surface area contributed by atoms with Crippen LogP contribution in [0.15, 0.2) is 54.6 Å². The maximum Gasteiger partial charge on any atom is 0.409 e.